The molecule has 21 aromatic rings. The number of hydrogen-bond donors (Lipinski definition) is 4. The van der Waals surface area contributed by atoms with Crippen LogP contribution in [0.2, 0.25) is 0 Å². The molecule has 0 aliphatic heterocycles. The first kappa shape index (κ1) is 93.4. The zero-order chi connectivity index (χ0) is 97.1. The number of rotatable bonds is 27. The number of anilines is 3. The lowest BCUT2D eigenvalue weighted by atomic mass is 10.1. The predicted octanol–water partition coefficient (Wildman–Crippen LogP) is 19.7. The molecule has 0 unspecified atom stereocenters. The van der Waals surface area contributed by atoms with Crippen LogP contribution in [0.5, 0.6) is 29.4 Å². The first-order chi connectivity index (χ1) is 68.4. The van der Waals surface area contributed by atoms with Crippen molar-refractivity contribution < 1.29 is 71.9 Å². The van der Waals surface area contributed by atoms with E-state index < -0.39 is 5.97 Å². The fourth-order valence-electron chi connectivity index (χ4n) is 14.5. The highest BCUT2D eigenvalue weighted by atomic mass is 32.1. The third-order valence-electron chi connectivity index (χ3n) is 20.7. The van der Waals surface area contributed by atoms with Crippen molar-refractivity contribution in [2.75, 3.05) is 16.0 Å². The number of carbonyl (C=O) groups is 9. The number of nitrogens with one attached hydrogen (secondary N) is 3. The van der Waals surface area contributed by atoms with Gasteiger partial charge < -0.3 is 44.7 Å². The first-order valence-corrected chi connectivity index (χ1v) is 46.6. The summed E-state index contributed by atoms with van der Waals surface area (Å²) in [6.07, 6.45) is 0.284. The number of aromatic carboxylic acids is 1. The second-order valence-electron chi connectivity index (χ2n) is 30.2. The van der Waals surface area contributed by atoms with Crippen LogP contribution >= 0.6 is 56.7 Å². The third kappa shape index (κ3) is 21.4. The Bertz CT molecular complexity index is 8170. The number of nitrogens with zero attached hydrogens (tertiary/aromatic N) is 16. The molecule has 21 rings (SSSR count). The van der Waals surface area contributed by atoms with E-state index in [2.05, 4.69) is 57.1 Å². The van der Waals surface area contributed by atoms with Crippen molar-refractivity contribution in [1.29, 1.82) is 5.26 Å². The molecule has 11 aromatic carbocycles. The molecule has 3 amide bonds. The Kier molecular flexibility index (Phi) is 28.9. The van der Waals surface area contributed by atoms with E-state index in [-0.39, 0.29) is 65.0 Å². The van der Waals surface area contributed by atoms with Crippen LogP contribution in [0.25, 0.3) is 136 Å². The molecule has 140 heavy (non-hydrogen) atoms. The van der Waals surface area contributed by atoms with Gasteiger partial charge in [0.05, 0.1) is 78.1 Å². The van der Waals surface area contributed by atoms with E-state index in [0.29, 0.717) is 91.9 Å². The van der Waals surface area contributed by atoms with Gasteiger partial charge in [0.25, 0.3) is 32.4 Å². The summed E-state index contributed by atoms with van der Waals surface area (Å²) in [6.45, 7) is 6.81. The second-order valence-corrected chi connectivity index (χ2v) is 34.3. The van der Waals surface area contributed by atoms with Gasteiger partial charge in [-0.1, -0.05) is 253 Å². The van der Waals surface area contributed by atoms with E-state index >= 15 is 0 Å². The third-order valence-corrected chi connectivity index (χ3v) is 24.7. The first-order valence-electron chi connectivity index (χ1n) is 42.2. The molecule has 0 saturated carbocycles. The van der Waals surface area contributed by atoms with Crippen LogP contribution in [0.3, 0.4) is 0 Å². The number of carboxylic acid groups (broad SMARTS) is 1. The maximum Gasteiger partial charge on any atom is 0.335 e. The summed E-state index contributed by atoms with van der Waals surface area (Å²) < 4.78 is 32.4. The van der Waals surface area contributed by atoms with Gasteiger partial charge in [0.1, 0.15) is 28.5 Å². The van der Waals surface area contributed by atoms with Gasteiger partial charge in [-0.15, -0.1) is 0 Å². The van der Waals surface area contributed by atoms with E-state index in [1.807, 2.05) is 257 Å². The van der Waals surface area contributed by atoms with E-state index in [1.165, 1.54) is 63.6 Å². The minimum Gasteiger partial charge on any atom is -0.478 e. The largest absolute Gasteiger partial charge is 0.478 e. The number of amides is 3. The predicted molar refractivity (Wildman–Crippen MR) is 533 cm³/mol. The number of hydrogen-bond acceptors (Lipinski definition) is 30. The summed E-state index contributed by atoms with van der Waals surface area (Å²) in [5, 5.41) is 66.1. The van der Waals surface area contributed by atoms with Crippen molar-refractivity contribution in [3.8, 4) is 117 Å². The van der Waals surface area contributed by atoms with Gasteiger partial charge in [-0.25, -0.2) is 28.2 Å². The average Bonchev–Trinajstić information content (AvgIpc) is 1.64. The monoisotopic (exact) mass is 1950 g/mol. The van der Waals surface area contributed by atoms with Crippen molar-refractivity contribution in [2.45, 2.75) is 27.2 Å². The maximum atomic E-state index is 12.6. The molecule has 0 fully saturated rings. The smallest absolute Gasteiger partial charge is 0.335 e. The molecule has 39 heteroatoms. The Labute approximate surface area is 812 Å². The van der Waals surface area contributed by atoms with Crippen LogP contribution in [0, 0.1) is 17.2 Å². The van der Waals surface area contributed by atoms with Crippen LogP contribution < -0.4 is 39.6 Å². The lowest BCUT2D eigenvalue weighted by Crippen LogP contribution is -2.17. The molecule has 690 valence electrons. The van der Waals surface area contributed by atoms with E-state index in [9.17, 15) is 53.5 Å². The van der Waals surface area contributed by atoms with Gasteiger partial charge in [-0.05, 0) is 96.6 Å². The minimum absolute atomic E-state index is 0.0605. The van der Waals surface area contributed by atoms with Crippen molar-refractivity contribution in [2.24, 2.45) is 5.92 Å². The van der Waals surface area contributed by atoms with Gasteiger partial charge in [0, 0.05) is 84.7 Å². The topological polar surface area (TPSA) is 433 Å². The molecule has 34 nitrogen and oxygen atoms in total. The minimum atomic E-state index is -1.02. The summed E-state index contributed by atoms with van der Waals surface area (Å²) >= 11 is 6.46. The van der Waals surface area contributed by atoms with Crippen molar-refractivity contribution in [3.05, 3.63) is 317 Å². The van der Waals surface area contributed by atoms with Crippen LogP contribution in [0.15, 0.2) is 300 Å². The molecule has 0 saturated heterocycles. The Balaban J connectivity index is 0.000000121. The maximum absolute atomic E-state index is 12.6. The summed E-state index contributed by atoms with van der Waals surface area (Å²) in [6, 6.07) is 87.8. The van der Waals surface area contributed by atoms with Gasteiger partial charge >= 0.3 is 5.97 Å². The molecule has 0 aliphatic carbocycles. The normalized spacial score (nSPS) is 10.8. The quantitative estimate of drug-likeness (QED) is 0.0347. The van der Waals surface area contributed by atoms with Gasteiger partial charge in [-0.2, -0.15) is 55.7 Å². The zero-order valence-corrected chi connectivity index (χ0v) is 77.5. The highest BCUT2D eigenvalue weighted by Crippen LogP contribution is 2.40. The molecular weight excluding hydrogens is 1880 g/mol. The van der Waals surface area contributed by atoms with Gasteiger partial charge in [0.2, 0.25) is 72.8 Å². The number of benzene rings is 11. The van der Waals surface area contributed by atoms with Crippen LogP contribution in [0.4, 0.5) is 17.1 Å². The van der Waals surface area contributed by atoms with Crippen LogP contribution in [-0.4, -0.2) is 135 Å². The van der Waals surface area contributed by atoms with Gasteiger partial charge in [-0.3, -0.25) is 38.4 Å². The van der Waals surface area contributed by atoms with Crippen molar-refractivity contribution >= 4 is 184 Å². The van der Waals surface area contributed by atoms with Crippen LogP contribution in [0.1, 0.15) is 42.3 Å². The van der Waals surface area contributed by atoms with E-state index in [1.54, 1.807) is 80.6 Å². The summed E-state index contributed by atoms with van der Waals surface area (Å²) in [5.74, 6) is -0.442. The molecule has 0 aliphatic rings. The number of thiazole rings is 5. The average molecular weight is 1950 g/mol. The van der Waals surface area contributed by atoms with E-state index in [4.69, 9.17) is 39.0 Å². The Morgan fingerprint density at radius 2 is 0.629 bits per heavy atom. The lowest BCUT2D eigenvalue weighted by molar-refractivity contribution is -0.121. The summed E-state index contributed by atoms with van der Waals surface area (Å²) in [5.41, 5.74) is 16.0. The Morgan fingerprint density at radius 3 is 0.914 bits per heavy atom. The molecule has 10 aromatic heterocycles. The van der Waals surface area contributed by atoms with Crippen LogP contribution in [-0.2, 0) is 44.8 Å². The molecule has 4 N–H and O–H groups in total. The van der Waals surface area contributed by atoms with Crippen molar-refractivity contribution in [1.82, 2.24) is 73.8 Å². The lowest BCUT2D eigenvalue weighted by Gasteiger charge is -2.08. The zero-order valence-electron chi connectivity index (χ0n) is 73.4. The number of carbonyl (C=O) groups excluding carboxylic acids is 8. The van der Waals surface area contributed by atoms with E-state index in [0.717, 1.165) is 105 Å². The molecule has 0 atom stereocenters. The molecule has 10 heterocycles. The highest BCUT2D eigenvalue weighted by molar-refractivity contribution is 7.13. The number of nitriles is 1. The highest BCUT2D eigenvalue weighted by Gasteiger charge is 2.25. The Morgan fingerprint density at radius 1 is 0.357 bits per heavy atom. The fourth-order valence-corrected chi connectivity index (χ4v) is 18.0. The molecule has 0 bridgehead atoms. The SMILES string of the molecule is CC(=O)Nc1ccc2c(-c3ccccc3)nn(-c3nc(OC=O)cs3)c2c1.CC(C)C(=O)Nc1ccc2c(-c3ccccc3)nn(-c3nc(OC=O)cs3)c2c1.N#Cc1ccc2c(-c3ccccc3)nn(-c3nc(OC=O)cs3)c2c1.O=COc1csc(-n2nc(-c3ccccc3)c3ccc(C(=O)O)cc32)n1.O=COc1csc(-n2nc(-c3ccccc3)c3ccc(NC(=O)Cc4ccccc4)cc32)n1. The fraction of sp³-hybridized carbons (Fsp3) is 0.0495. The Hall–Kier alpha value is -18.4. The number of carboxylic acids is 1. The molecule has 0 radical (unpaired) electrons. The number of fused-ring (bicyclic) bond motifs is 5. The standard InChI is InChI=1S/C25H18N4O3S.C21H18N4O3S.C19H14N4O3S.C18H10N4O2S.C18H11N3O4S/c30-16-32-23-15-33-25(27-23)29-21-14-19(26-22(31)13-17-7-3-1-4-8-17)11-12-20(21)24(28-29)18-9-5-2-6-10-18;1-13(2)20(27)22-15-8-9-16-17(10-15)25(21-23-18(11-29-21)28-12-26)24-19(16)14-6-4-3-5-7-14;1-12(25)20-14-7-8-15-16(9-14)23(19-21-17(10-27-19)26-11-24)22-18(15)13-5-3-2-4-6-13;19-9-12-6-7-14-15(8-12)22(18-20-16(10-25-18)24-11-23)21-17(14)13-4-2-1-3-5-13;22-10-25-15-9-26-18(19-15)21-14-8-12(17(23)24)6-7-13(14)16(20-21)11-4-2-1-3-5-11/h1-12,14-16H,13H2,(H,26,31);3-13H,1-2H3,(H,22,27);2-11H,1H3,(H,20,25);1-8,10-11H;1-10H,(H,23,24). The molecular formula is C101H71N19O15S5. The summed E-state index contributed by atoms with van der Waals surface area (Å²) in [7, 11) is 0. The number of ether oxygens (including phenoxy) is 5. The summed E-state index contributed by atoms with van der Waals surface area (Å²) in [4.78, 5) is 122. The van der Waals surface area contributed by atoms with Crippen molar-refractivity contribution in [3.63, 3.8) is 0 Å². The molecule has 0 spiro atoms. The van der Waals surface area contributed by atoms with Gasteiger partial charge in [0.15, 0.2) is 0 Å². The second kappa shape index (κ2) is 43.3. The number of aromatic nitrogens is 15.